The molecule has 5 nitrogen and oxygen atoms in total. The standard InChI is InChI=1S/C20H17Cl2N3O2S2/c1-2-23-16(26)11-28-20-24-17(12-6-4-3-5-7-12)19(29-20)25-18(27)14-9-8-13(21)10-15(14)22/h3-10H,2,11H2,1H3,(H,23,26)(H,25,27). The van der Waals surface area contributed by atoms with Gasteiger partial charge in [0.25, 0.3) is 5.91 Å². The number of nitrogens with one attached hydrogen (secondary N) is 2. The van der Waals surface area contributed by atoms with Crippen molar-refractivity contribution in [2.24, 2.45) is 0 Å². The Hall–Kier alpha value is -2.06. The van der Waals surface area contributed by atoms with Crippen molar-refractivity contribution < 1.29 is 9.59 Å². The maximum Gasteiger partial charge on any atom is 0.257 e. The molecule has 29 heavy (non-hydrogen) atoms. The number of carbonyl (C=O) groups is 2. The molecule has 0 aliphatic rings. The molecule has 0 unspecified atom stereocenters. The number of aromatic nitrogens is 1. The molecule has 0 saturated carbocycles. The van der Waals surface area contributed by atoms with Gasteiger partial charge in [-0.1, -0.05) is 76.6 Å². The summed E-state index contributed by atoms with van der Waals surface area (Å²) in [5.74, 6) is -0.160. The van der Waals surface area contributed by atoms with Crippen molar-refractivity contribution in [2.45, 2.75) is 11.3 Å². The van der Waals surface area contributed by atoms with Gasteiger partial charge in [0.05, 0.1) is 16.3 Å². The molecule has 0 radical (unpaired) electrons. The van der Waals surface area contributed by atoms with Crippen LogP contribution in [0, 0.1) is 0 Å². The third-order valence-electron chi connectivity index (χ3n) is 3.76. The van der Waals surface area contributed by atoms with Crippen molar-refractivity contribution in [1.29, 1.82) is 0 Å². The summed E-state index contributed by atoms with van der Waals surface area (Å²) in [5, 5.41) is 6.97. The van der Waals surface area contributed by atoms with Gasteiger partial charge in [0.2, 0.25) is 5.91 Å². The first-order chi connectivity index (χ1) is 14.0. The Morgan fingerprint density at radius 2 is 1.90 bits per heavy atom. The van der Waals surface area contributed by atoms with E-state index in [9.17, 15) is 9.59 Å². The quantitative estimate of drug-likeness (QED) is 0.445. The molecule has 1 aromatic heterocycles. The van der Waals surface area contributed by atoms with E-state index in [2.05, 4.69) is 15.6 Å². The minimum Gasteiger partial charge on any atom is -0.356 e. The summed E-state index contributed by atoms with van der Waals surface area (Å²) in [5.41, 5.74) is 1.83. The van der Waals surface area contributed by atoms with Crippen LogP contribution >= 0.6 is 46.3 Å². The lowest BCUT2D eigenvalue weighted by Gasteiger charge is -2.07. The third kappa shape index (κ3) is 5.73. The minimum atomic E-state index is -0.354. The van der Waals surface area contributed by atoms with E-state index >= 15 is 0 Å². The Bertz CT molecular complexity index is 1030. The summed E-state index contributed by atoms with van der Waals surface area (Å²) in [7, 11) is 0. The molecule has 2 aromatic carbocycles. The Morgan fingerprint density at radius 1 is 1.14 bits per heavy atom. The zero-order valence-corrected chi connectivity index (χ0v) is 18.5. The summed E-state index contributed by atoms with van der Waals surface area (Å²) < 4.78 is 0.688. The van der Waals surface area contributed by atoms with E-state index in [0.717, 1.165) is 5.56 Å². The number of hydrogen-bond acceptors (Lipinski definition) is 5. The highest BCUT2D eigenvalue weighted by Crippen LogP contribution is 2.38. The molecular formula is C20H17Cl2N3O2S2. The second-order valence-electron chi connectivity index (χ2n) is 5.84. The number of amides is 2. The van der Waals surface area contributed by atoms with Crippen molar-refractivity contribution >= 4 is 63.1 Å². The molecular weight excluding hydrogens is 449 g/mol. The molecule has 0 bridgehead atoms. The van der Waals surface area contributed by atoms with E-state index < -0.39 is 0 Å². The summed E-state index contributed by atoms with van der Waals surface area (Å²) in [6.07, 6.45) is 0. The van der Waals surface area contributed by atoms with E-state index in [0.29, 0.717) is 32.2 Å². The number of thiazole rings is 1. The van der Waals surface area contributed by atoms with E-state index in [-0.39, 0.29) is 22.6 Å². The number of anilines is 1. The van der Waals surface area contributed by atoms with Gasteiger partial charge >= 0.3 is 0 Å². The molecule has 3 aromatic rings. The fraction of sp³-hybridized carbons (Fsp3) is 0.150. The van der Waals surface area contributed by atoms with Crippen LogP contribution in [0.1, 0.15) is 17.3 Å². The van der Waals surface area contributed by atoms with Crippen LogP contribution in [0.4, 0.5) is 5.00 Å². The second-order valence-corrected chi connectivity index (χ2v) is 8.91. The van der Waals surface area contributed by atoms with Gasteiger partial charge in [0.15, 0.2) is 4.34 Å². The fourth-order valence-corrected chi connectivity index (χ4v) is 4.84. The Balaban J connectivity index is 1.87. The molecule has 0 aliphatic heterocycles. The van der Waals surface area contributed by atoms with Crippen LogP contribution in [0.2, 0.25) is 10.0 Å². The zero-order chi connectivity index (χ0) is 20.8. The predicted molar refractivity (Wildman–Crippen MR) is 121 cm³/mol. The molecule has 1 heterocycles. The van der Waals surface area contributed by atoms with E-state index in [1.807, 2.05) is 37.3 Å². The van der Waals surface area contributed by atoms with Gasteiger partial charge in [-0.3, -0.25) is 9.59 Å². The Labute approximate surface area is 186 Å². The maximum atomic E-state index is 12.8. The molecule has 0 spiro atoms. The summed E-state index contributed by atoms with van der Waals surface area (Å²) in [6.45, 7) is 2.45. The van der Waals surface area contributed by atoms with Crippen molar-refractivity contribution in [3.8, 4) is 11.3 Å². The summed E-state index contributed by atoms with van der Waals surface area (Å²) in [4.78, 5) is 29.1. The highest BCUT2D eigenvalue weighted by Gasteiger charge is 2.19. The maximum absolute atomic E-state index is 12.8. The number of carbonyl (C=O) groups excluding carboxylic acids is 2. The van der Waals surface area contributed by atoms with Crippen LogP contribution in [0.15, 0.2) is 52.9 Å². The SMILES string of the molecule is CCNC(=O)CSc1nc(-c2ccccc2)c(NC(=O)c2ccc(Cl)cc2Cl)s1. The molecule has 2 N–H and O–H groups in total. The third-order valence-corrected chi connectivity index (χ3v) is 6.42. The van der Waals surface area contributed by atoms with Crippen LogP contribution in [-0.4, -0.2) is 29.1 Å². The van der Waals surface area contributed by atoms with Gasteiger partial charge < -0.3 is 10.6 Å². The topological polar surface area (TPSA) is 71.1 Å². The fourth-order valence-electron chi connectivity index (χ4n) is 2.46. The molecule has 0 saturated heterocycles. The smallest absolute Gasteiger partial charge is 0.257 e. The van der Waals surface area contributed by atoms with Crippen molar-refractivity contribution in [1.82, 2.24) is 10.3 Å². The van der Waals surface area contributed by atoms with E-state index in [1.165, 1.54) is 29.2 Å². The van der Waals surface area contributed by atoms with Crippen LogP contribution in [0.3, 0.4) is 0 Å². The van der Waals surface area contributed by atoms with Crippen molar-refractivity contribution in [3.63, 3.8) is 0 Å². The van der Waals surface area contributed by atoms with Crippen LogP contribution in [0.5, 0.6) is 0 Å². The molecule has 2 amide bonds. The van der Waals surface area contributed by atoms with Crippen molar-refractivity contribution in [2.75, 3.05) is 17.6 Å². The predicted octanol–water partition coefficient (Wildman–Crippen LogP) is 5.60. The van der Waals surface area contributed by atoms with E-state index in [4.69, 9.17) is 23.2 Å². The van der Waals surface area contributed by atoms with Gasteiger partial charge in [0, 0.05) is 17.1 Å². The highest BCUT2D eigenvalue weighted by atomic mass is 35.5. The van der Waals surface area contributed by atoms with Crippen LogP contribution in [-0.2, 0) is 4.79 Å². The lowest BCUT2D eigenvalue weighted by atomic mass is 10.1. The first kappa shape index (κ1) is 21.6. The van der Waals surface area contributed by atoms with Gasteiger partial charge in [-0.2, -0.15) is 0 Å². The number of rotatable bonds is 7. The first-order valence-corrected chi connectivity index (χ1v) is 11.3. The molecule has 150 valence electrons. The second kappa shape index (κ2) is 10.1. The van der Waals surface area contributed by atoms with Gasteiger partial charge in [-0.15, -0.1) is 0 Å². The van der Waals surface area contributed by atoms with Gasteiger partial charge in [-0.25, -0.2) is 4.98 Å². The Morgan fingerprint density at radius 3 is 2.59 bits per heavy atom. The molecule has 0 atom stereocenters. The number of hydrogen-bond donors (Lipinski definition) is 2. The van der Waals surface area contributed by atoms with Crippen LogP contribution in [0.25, 0.3) is 11.3 Å². The minimum absolute atomic E-state index is 0.0625. The average Bonchev–Trinajstić information content (AvgIpc) is 3.10. The number of nitrogens with zero attached hydrogens (tertiary/aromatic N) is 1. The van der Waals surface area contributed by atoms with Crippen molar-refractivity contribution in [3.05, 3.63) is 64.1 Å². The van der Waals surface area contributed by atoms with Gasteiger partial charge in [0.1, 0.15) is 10.7 Å². The van der Waals surface area contributed by atoms with Crippen LogP contribution < -0.4 is 10.6 Å². The first-order valence-electron chi connectivity index (χ1n) is 8.70. The lowest BCUT2D eigenvalue weighted by molar-refractivity contribution is -0.118. The van der Waals surface area contributed by atoms with E-state index in [1.54, 1.807) is 12.1 Å². The summed E-state index contributed by atoms with van der Waals surface area (Å²) in [6, 6.07) is 14.3. The number of thioether (sulfide) groups is 1. The lowest BCUT2D eigenvalue weighted by Crippen LogP contribution is -2.24. The normalized spacial score (nSPS) is 10.6. The summed E-state index contributed by atoms with van der Waals surface area (Å²) >= 11 is 14.7. The largest absolute Gasteiger partial charge is 0.356 e. The molecule has 0 fully saturated rings. The molecule has 0 aliphatic carbocycles. The number of halogens is 2. The van der Waals surface area contributed by atoms with Gasteiger partial charge in [-0.05, 0) is 25.1 Å². The zero-order valence-electron chi connectivity index (χ0n) is 15.4. The average molecular weight is 466 g/mol. The monoisotopic (exact) mass is 465 g/mol. The molecule has 3 rings (SSSR count). The highest BCUT2D eigenvalue weighted by molar-refractivity contribution is 8.01. The molecule has 9 heteroatoms. The number of benzene rings is 2. The Kier molecular flexibility index (Phi) is 7.55.